The summed E-state index contributed by atoms with van der Waals surface area (Å²) >= 11 is 1.46. The largest absolute Gasteiger partial charge is 0.448 e. The minimum Gasteiger partial charge on any atom is -0.448 e. The maximum Gasteiger partial charge on any atom is 0.349 e. The van der Waals surface area contributed by atoms with Crippen LogP contribution in [-0.2, 0) is 22.4 Å². The van der Waals surface area contributed by atoms with Gasteiger partial charge in [0.1, 0.15) is 10.4 Å². The number of nitrogens with zero attached hydrogens (tertiary/aromatic N) is 1. The summed E-state index contributed by atoms with van der Waals surface area (Å²) in [6, 6.07) is 4.13. The molecule has 1 amide bonds. The second kappa shape index (κ2) is 6.94. The molecule has 0 aromatic carbocycles. The maximum atomic E-state index is 12.3. The monoisotopic (exact) mass is 346 g/mol. The first-order chi connectivity index (χ1) is 11.5. The molecule has 1 N–H and O–H groups in total. The van der Waals surface area contributed by atoms with E-state index < -0.39 is 23.5 Å². The molecule has 24 heavy (non-hydrogen) atoms. The highest BCUT2D eigenvalue weighted by Gasteiger charge is 2.35. The van der Waals surface area contributed by atoms with Crippen molar-refractivity contribution in [2.75, 3.05) is 0 Å². The van der Waals surface area contributed by atoms with Crippen LogP contribution in [0.1, 0.15) is 65.6 Å². The van der Waals surface area contributed by atoms with E-state index in [2.05, 4.69) is 11.4 Å². The van der Waals surface area contributed by atoms with Gasteiger partial charge in [0.15, 0.2) is 6.10 Å². The molecule has 3 rings (SSSR count). The average molecular weight is 346 g/mol. The van der Waals surface area contributed by atoms with Crippen LogP contribution in [0.3, 0.4) is 0 Å². The standard InChI is InChI=1S/C18H22N2O3S/c1-12(16(21)20-18(11-19)8-3-2-4-9-18)23-17(22)15-10-13-6-5-7-14(13)24-15/h10,12H,2-9H2,1H3,(H,20,21)/t12-/m1/s1. The summed E-state index contributed by atoms with van der Waals surface area (Å²) in [6.07, 6.45) is 6.56. The van der Waals surface area contributed by atoms with Gasteiger partial charge in [-0.15, -0.1) is 11.3 Å². The third-order valence-corrected chi connectivity index (χ3v) is 6.10. The number of hydrogen-bond acceptors (Lipinski definition) is 5. The number of nitriles is 1. The van der Waals surface area contributed by atoms with Crippen LogP contribution in [0.5, 0.6) is 0 Å². The lowest BCUT2D eigenvalue weighted by Crippen LogP contribution is -2.52. The first kappa shape index (κ1) is 17.0. The summed E-state index contributed by atoms with van der Waals surface area (Å²) in [5, 5.41) is 12.2. The normalized spacial score (nSPS) is 19.8. The summed E-state index contributed by atoms with van der Waals surface area (Å²) in [6.45, 7) is 1.56. The molecule has 0 saturated heterocycles. The predicted octanol–water partition coefficient (Wildman–Crippen LogP) is 3.12. The molecule has 1 heterocycles. The van der Waals surface area contributed by atoms with Crippen LogP contribution in [0.2, 0.25) is 0 Å². The molecule has 1 fully saturated rings. The van der Waals surface area contributed by atoms with Crippen molar-refractivity contribution in [1.82, 2.24) is 5.32 Å². The van der Waals surface area contributed by atoms with E-state index in [-0.39, 0.29) is 0 Å². The Bertz CT molecular complexity index is 661. The average Bonchev–Trinajstić information content (AvgIpc) is 3.17. The zero-order chi connectivity index (χ0) is 17.2. The lowest BCUT2D eigenvalue weighted by atomic mass is 9.83. The van der Waals surface area contributed by atoms with Gasteiger partial charge in [0, 0.05) is 4.88 Å². The van der Waals surface area contributed by atoms with Crippen molar-refractivity contribution in [3.05, 3.63) is 21.4 Å². The van der Waals surface area contributed by atoms with E-state index in [1.165, 1.54) is 21.8 Å². The molecule has 2 aliphatic carbocycles. The molecular formula is C18H22N2O3S. The highest BCUT2D eigenvalue weighted by atomic mass is 32.1. The molecule has 0 aliphatic heterocycles. The summed E-state index contributed by atoms with van der Waals surface area (Å²) in [5.74, 6) is -0.845. The van der Waals surface area contributed by atoms with Gasteiger partial charge in [0.25, 0.3) is 5.91 Å². The Hall–Kier alpha value is -1.87. The molecule has 128 valence electrons. The molecule has 1 atom stereocenters. The summed E-state index contributed by atoms with van der Waals surface area (Å²) in [5.41, 5.74) is 0.426. The van der Waals surface area contributed by atoms with Crippen LogP contribution in [-0.4, -0.2) is 23.5 Å². The Morgan fingerprint density at radius 1 is 1.29 bits per heavy atom. The first-order valence-corrected chi connectivity index (χ1v) is 9.40. The second-order valence-electron chi connectivity index (χ2n) is 6.70. The Balaban J connectivity index is 1.59. The van der Waals surface area contributed by atoms with Crippen LogP contribution >= 0.6 is 11.3 Å². The molecule has 0 radical (unpaired) electrons. The lowest BCUT2D eigenvalue weighted by Gasteiger charge is -2.32. The number of rotatable bonds is 4. The Morgan fingerprint density at radius 3 is 2.71 bits per heavy atom. The van der Waals surface area contributed by atoms with Crippen molar-refractivity contribution in [3.63, 3.8) is 0 Å². The number of ether oxygens (including phenoxy) is 1. The zero-order valence-corrected chi connectivity index (χ0v) is 14.7. The van der Waals surface area contributed by atoms with Crippen molar-refractivity contribution < 1.29 is 14.3 Å². The van der Waals surface area contributed by atoms with Gasteiger partial charge in [-0.2, -0.15) is 5.26 Å². The van der Waals surface area contributed by atoms with Crippen LogP contribution in [0.4, 0.5) is 0 Å². The topological polar surface area (TPSA) is 79.2 Å². The van der Waals surface area contributed by atoms with Gasteiger partial charge in [-0.3, -0.25) is 4.79 Å². The molecular weight excluding hydrogens is 324 g/mol. The predicted molar refractivity (Wildman–Crippen MR) is 90.8 cm³/mol. The first-order valence-electron chi connectivity index (χ1n) is 8.59. The summed E-state index contributed by atoms with van der Waals surface area (Å²) < 4.78 is 5.32. The number of aryl methyl sites for hydroxylation is 2. The molecule has 6 heteroatoms. The fourth-order valence-corrected chi connectivity index (χ4v) is 4.60. The Kier molecular flexibility index (Phi) is 4.91. The van der Waals surface area contributed by atoms with E-state index in [0.29, 0.717) is 17.7 Å². The number of amides is 1. The molecule has 1 aromatic rings. The van der Waals surface area contributed by atoms with E-state index in [4.69, 9.17) is 4.74 Å². The zero-order valence-electron chi connectivity index (χ0n) is 13.9. The van der Waals surface area contributed by atoms with E-state index in [1.807, 2.05) is 6.07 Å². The molecule has 0 bridgehead atoms. The third kappa shape index (κ3) is 3.46. The van der Waals surface area contributed by atoms with Gasteiger partial charge in [0.2, 0.25) is 0 Å². The quantitative estimate of drug-likeness (QED) is 0.850. The van der Waals surface area contributed by atoms with Crippen LogP contribution < -0.4 is 5.32 Å². The van der Waals surface area contributed by atoms with Crippen LogP contribution in [0.15, 0.2) is 6.07 Å². The summed E-state index contributed by atoms with van der Waals surface area (Å²) in [7, 11) is 0. The Labute approximate surface area is 146 Å². The number of fused-ring (bicyclic) bond motifs is 1. The van der Waals surface area contributed by atoms with Gasteiger partial charge in [-0.05, 0) is 50.7 Å². The number of nitrogens with one attached hydrogen (secondary N) is 1. The van der Waals surface area contributed by atoms with Crippen molar-refractivity contribution >= 4 is 23.2 Å². The minimum atomic E-state index is -0.901. The molecule has 5 nitrogen and oxygen atoms in total. The highest BCUT2D eigenvalue weighted by molar-refractivity contribution is 7.14. The van der Waals surface area contributed by atoms with Gasteiger partial charge >= 0.3 is 5.97 Å². The number of esters is 1. The maximum absolute atomic E-state index is 12.3. The van der Waals surface area contributed by atoms with Crippen molar-refractivity contribution in [1.29, 1.82) is 5.26 Å². The lowest BCUT2D eigenvalue weighted by molar-refractivity contribution is -0.130. The minimum absolute atomic E-state index is 0.393. The van der Waals surface area contributed by atoms with E-state index >= 15 is 0 Å². The number of carbonyl (C=O) groups is 2. The highest BCUT2D eigenvalue weighted by Crippen LogP contribution is 2.31. The fourth-order valence-electron chi connectivity index (χ4n) is 3.46. The van der Waals surface area contributed by atoms with Crippen LogP contribution in [0, 0.1) is 11.3 Å². The smallest absolute Gasteiger partial charge is 0.349 e. The molecule has 0 spiro atoms. The number of thiophene rings is 1. The SMILES string of the molecule is C[C@@H](OC(=O)c1cc2c(s1)CCC2)C(=O)NC1(C#N)CCCCC1. The molecule has 1 saturated carbocycles. The van der Waals surface area contributed by atoms with Gasteiger partial charge < -0.3 is 10.1 Å². The second-order valence-corrected chi connectivity index (χ2v) is 7.84. The number of hydrogen-bond donors (Lipinski definition) is 1. The van der Waals surface area contributed by atoms with Crippen molar-refractivity contribution in [2.24, 2.45) is 0 Å². The van der Waals surface area contributed by atoms with Crippen molar-refractivity contribution in [2.45, 2.75) is 69.9 Å². The van der Waals surface area contributed by atoms with E-state index in [1.54, 1.807) is 6.92 Å². The van der Waals surface area contributed by atoms with Gasteiger partial charge in [-0.1, -0.05) is 19.3 Å². The van der Waals surface area contributed by atoms with Crippen LogP contribution in [0.25, 0.3) is 0 Å². The third-order valence-electron chi connectivity index (χ3n) is 4.88. The fraction of sp³-hybridized carbons (Fsp3) is 0.611. The van der Waals surface area contributed by atoms with E-state index in [0.717, 1.165) is 38.5 Å². The molecule has 1 aromatic heterocycles. The molecule has 0 unspecified atom stereocenters. The number of carbonyl (C=O) groups excluding carboxylic acids is 2. The Morgan fingerprint density at radius 2 is 2.04 bits per heavy atom. The van der Waals surface area contributed by atoms with E-state index in [9.17, 15) is 14.9 Å². The van der Waals surface area contributed by atoms with Gasteiger partial charge in [0.05, 0.1) is 6.07 Å². The summed E-state index contributed by atoms with van der Waals surface area (Å²) in [4.78, 5) is 26.4. The van der Waals surface area contributed by atoms with Crippen molar-refractivity contribution in [3.8, 4) is 6.07 Å². The molecule has 2 aliphatic rings. The van der Waals surface area contributed by atoms with Gasteiger partial charge in [-0.25, -0.2) is 4.79 Å².